The first-order valence-corrected chi connectivity index (χ1v) is 10.5. The molecular weight excluding hydrogens is 374 g/mol. The molecule has 0 spiro atoms. The number of benzene rings is 2. The summed E-state index contributed by atoms with van der Waals surface area (Å²) in [6.45, 7) is 10.9. The molecule has 1 aromatic heterocycles. The van der Waals surface area contributed by atoms with Gasteiger partial charge in [-0.3, -0.25) is 4.79 Å². The number of amides is 1. The Hall–Kier alpha value is -3.01. The Morgan fingerprint density at radius 3 is 2.60 bits per heavy atom. The molecule has 4 nitrogen and oxygen atoms in total. The quantitative estimate of drug-likeness (QED) is 0.368. The number of hydrogen-bond donors (Lipinski definition) is 1. The molecule has 0 atom stereocenters. The number of hydrogen-bond acceptors (Lipinski definition) is 3. The van der Waals surface area contributed by atoms with Gasteiger partial charge in [-0.2, -0.15) is 0 Å². The van der Waals surface area contributed by atoms with E-state index in [4.69, 9.17) is 9.15 Å². The van der Waals surface area contributed by atoms with Crippen LogP contribution >= 0.6 is 0 Å². The highest BCUT2D eigenvalue weighted by molar-refractivity contribution is 6.02. The maximum Gasteiger partial charge on any atom is 0.244 e. The van der Waals surface area contributed by atoms with Gasteiger partial charge in [0.25, 0.3) is 0 Å². The third-order valence-corrected chi connectivity index (χ3v) is 5.52. The fraction of sp³-hybridized carbons (Fsp3) is 0.346. The van der Waals surface area contributed by atoms with Gasteiger partial charge in [0.15, 0.2) is 0 Å². The Morgan fingerprint density at radius 1 is 1.17 bits per heavy atom. The summed E-state index contributed by atoms with van der Waals surface area (Å²) < 4.78 is 11.7. The Morgan fingerprint density at radius 2 is 1.93 bits per heavy atom. The molecule has 0 unspecified atom stereocenters. The first-order chi connectivity index (χ1) is 14.4. The van der Waals surface area contributed by atoms with Crippen molar-refractivity contribution >= 4 is 22.4 Å². The second-order valence-electron chi connectivity index (χ2n) is 7.90. The van der Waals surface area contributed by atoms with E-state index in [0.29, 0.717) is 6.54 Å². The minimum Gasteiger partial charge on any atom is -0.496 e. The predicted molar refractivity (Wildman–Crippen MR) is 124 cm³/mol. The van der Waals surface area contributed by atoms with Gasteiger partial charge in [0.2, 0.25) is 5.91 Å². The van der Waals surface area contributed by atoms with Crippen LogP contribution in [0.4, 0.5) is 0 Å². The molecule has 3 rings (SSSR count). The number of carbonyl (C=O) groups excluding carboxylic acids is 1. The molecule has 0 saturated carbocycles. The smallest absolute Gasteiger partial charge is 0.244 e. The predicted octanol–water partition coefficient (Wildman–Crippen LogP) is 6.35. The number of nitrogens with one attached hydrogen (secondary N) is 1. The van der Waals surface area contributed by atoms with Gasteiger partial charge in [-0.1, -0.05) is 37.1 Å². The molecule has 0 saturated heterocycles. The van der Waals surface area contributed by atoms with Crippen molar-refractivity contribution in [3.63, 3.8) is 0 Å². The van der Waals surface area contributed by atoms with Gasteiger partial charge in [0.05, 0.1) is 13.4 Å². The maximum atomic E-state index is 12.3. The zero-order valence-electron chi connectivity index (χ0n) is 18.8. The van der Waals surface area contributed by atoms with Crippen LogP contribution < -0.4 is 10.1 Å². The van der Waals surface area contributed by atoms with Crippen molar-refractivity contribution in [3.8, 4) is 16.9 Å². The second-order valence-corrected chi connectivity index (χ2v) is 7.90. The average molecular weight is 406 g/mol. The monoisotopic (exact) mass is 405 g/mol. The van der Waals surface area contributed by atoms with Gasteiger partial charge in [-0.05, 0) is 56.9 Å². The number of methoxy groups -OCH3 is 1. The fourth-order valence-corrected chi connectivity index (χ4v) is 3.91. The number of fused-ring (bicyclic) bond motifs is 1. The molecule has 0 fully saturated rings. The van der Waals surface area contributed by atoms with Gasteiger partial charge >= 0.3 is 0 Å². The van der Waals surface area contributed by atoms with E-state index in [0.717, 1.165) is 57.4 Å². The van der Waals surface area contributed by atoms with Crippen molar-refractivity contribution in [2.45, 2.75) is 47.5 Å². The molecule has 0 aliphatic rings. The topological polar surface area (TPSA) is 51.5 Å². The van der Waals surface area contributed by atoms with E-state index in [9.17, 15) is 4.79 Å². The summed E-state index contributed by atoms with van der Waals surface area (Å²) >= 11 is 0. The SMILES string of the molecule is CCCCNC(=O)/C=C(\C)c1cc2c(-c3ccc(C)cc3C)coc2c(C)c1OC. The Kier molecular flexibility index (Phi) is 6.66. The standard InChI is InChI=1S/C26H31NO3/c1-7-8-11-27-24(28)13-18(4)21-14-22-23(20-10-9-16(2)12-17(20)3)15-30-26(22)19(5)25(21)29-6/h9-10,12-15H,7-8,11H2,1-6H3,(H,27,28)/b18-13+. The van der Waals surface area contributed by atoms with Gasteiger partial charge < -0.3 is 14.5 Å². The Bertz CT molecular complexity index is 1110. The van der Waals surface area contributed by atoms with Crippen molar-refractivity contribution in [2.75, 3.05) is 13.7 Å². The van der Waals surface area contributed by atoms with Crippen LogP contribution in [0.25, 0.3) is 27.7 Å². The number of rotatable bonds is 7. The number of aryl methyl sites for hydroxylation is 3. The van der Waals surface area contributed by atoms with E-state index in [2.05, 4.69) is 50.4 Å². The van der Waals surface area contributed by atoms with E-state index in [-0.39, 0.29) is 5.91 Å². The van der Waals surface area contributed by atoms with Gasteiger partial charge in [0, 0.05) is 34.7 Å². The highest BCUT2D eigenvalue weighted by atomic mass is 16.5. The van der Waals surface area contributed by atoms with Crippen LogP contribution in [0.1, 0.15) is 48.9 Å². The lowest BCUT2D eigenvalue weighted by atomic mass is 9.94. The summed E-state index contributed by atoms with van der Waals surface area (Å²) in [5.41, 5.74) is 8.14. The maximum absolute atomic E-state index is 12.3. The normalized spacial score (nSPS) is 11.7. The van der Waals surface area contributed by atoms with Gasteiger partial charge in [0.1, 0.15) is 11.3 Å². The number of allylic oxidation sites excluding steroid dienone is 1. The fourth-order valence-electron chi connectivity index (χ4n) is 3.91. The lowest BCUT2D eigenvalue weighted by Crippen LogP contribution is -2.22. The molecule has 1 heterocycles. The van der Waals surface area contributed by atoms with Gasteiger partial charge in [-0.15, -0.1) is 0 Å². The molecule has 1 N–H and O–H groups in total. The number of furan rings is 1. The van der Waals surface area contributed by atoms with Crippen molar-refractivity contribution in [2.24, 2.45) is 0 Å². The minimum atomic E-state index is -0.0810. The largest absolute Gasteiger partial charge is 0.496 e. The van der Waals surface area contributed by atoms with Crippen LogP contribution in [0.3, 0.4) is 0 Å². The van der Waals surface area contributed by atoms with Crippen LogP contribution in [-0.2, 0) is 4.79 Å². The zero-order valence-corrected chi connectivity index (χ0v) is 18.8. The third kappa shape index (κ3) is 4.28. The highest BCUT2D eigenvalue weighted by Crippen LogP contribution is 2.41. The molecule has 0 aliphatic carbocycles. The Labute approximate surface area is 178 Å². The zero-order chi connectivity index (χ0) is 21.8. The van der Waals surface area contributed by atoms with Crippen LogP contribution in [-0.4, -0.2) is 19.6 Å². The highest BCUT2D eigenvalue weighted by Gasteiger charge is 2.19. The Balaban J connectivity index is 2.11. The number of ether oxygens (including phenoxy) is 1. The van der Waals surface area contributed by atoms with E-state index < -0.39 is 0 Å². The molecule has 2 aromatic carbocycles. The van der Waals surface area contributed by atoms with Crippen molar-refractivity contribution in [1.82, 2.24) is 5.32 Å². The molecular formula is C26H31NO3. The minimum absolute atomic E-state index is 0.0810. The van der Waals surface area contributed by atoms with Crippen molar-refractivity contribution in [1.29, 1.82) is 0 Å². The lowest BCUT2D eigenvalue weighted by molar-refractivity contribution is -0.116. The molecule has 0 radical (unpaired) electrons. The molecule has 0 bridgehead atoms. The van der Waals surface area contributed by atoms with Crippen LogP contribution in [0.2, 0.25) is 0 Å². The van der Waals surface area contributed by atoms with Crippen molar-refractivity contribution in [3.05, 3.63) is 58.9 Å². The first kappa shape index (κ1) is 21.7. The number of unbranched alkanes of at least 4 members (excludes halogenated alkanes) is 1. The van der Waals surface area contributed by atoms with E-state index in [1.165, 1.54) is 11.1 Å². The molecule has 30 heavy (non-hydrogen) atoms. The second kappa shape index (κ2) is 9.21. The van der Waals surface area contributed by atoms with Crippen molar-refractivity contribution < 1.29 is 13.9 Å². The lowest BCUT2D eigenvalue weighted by Gasteiger charge is -2.14. The molecule has 1 amide bonds. The summed E-state index contributed by atoms with van der Waals surface area (Å²) in [5, 5.41) is 3.97. The van der Waals surface area contributed by atoms with Crippen LogP contribution in [0, 0.1) is 20.8 Å². The van der Waals surface area contributed by atoms with E-state index in [1.807, 2.05) is 20.1 Å². The molecule has 3 aromatic rings. The average Bonchev–Trinajstić information content (AvgIpc) is 3.12. The van der Waals surface area contributed by atoms with Crippen LogP contribution in [0.15, 0.2) is 41.0 Å². The summed E-state index contributed by atoms with van der Waals surface area (Å²) in [6.07, 6.45) is 5.49. The molecule has 4 heteroatoms. The summed E-state index contributed by atoms with van der Waals surface area (Å²) in [4.78, 5) is 12.3. The summed E-state index contributed by atoms with van der Waals surface area (Å²) in [5.74, 6) is 0.654. The van der Waals surface area contributed by atoms with Gasteiger partial charge in [-0.25, -0.2) is 0 Å². The molecule has 158 valence electrons. The summed E-state index contributed by atoms with van der Waals surface area (Å²) in [7, 11) is 1.65. The molecule has 0 aliphatic heterocycles. The number of carbonyl (C=O) groups is 1. The van der Waals surface area contributed by atoms with E-state index in [1.54, 1.807) is 13.2 Å². The van der Waals surface area contributed by atoms with Crippen LogP contribution in [0.5, 0.6) is 5.75 Å². The first-order valence-electron chi connectivity index (χ1n) is 10.5. The van der Waals surface area contributed by atoms with E-state index >= 15 is 0 Å². The third-order valence-electron chi connectivity index (χ3n) is 5.52. The summed E-state index contributed by atoms with van der Waals surface area (Å²) in [6, 6.07) is 8.50.